The van der Waals surface area contributed by atoms with Crippen LogP contribution in [0.15, 0.2) is 60.7 Å². The van der Waals surface area contributed by atoms with Gasteiger partial charge in [0.15, 0.2) is 0 Å². The number of hydrogen-bond donors (Lipinski definition) is 2. The van der Waals surface area contributed by atoms with Crippen LogP contribution in [-0.2, 0) is 35.2 Å². The molecule has 0 saturated heterocycles. The van der Waals surface area contributed by atoms with Crippen molar-refractivity contribution in [2.24, 2.45) is 0 Å². The molecule has 3 aromatic carbocycles. The monoisotopic (exact) mass is 544 g/mol. The van der Waals surface area contributed by atoms with Crippen LogP contribution in [-0.4, -0.2) is 42.3 Å². The van der Waals surface area contributed by atoms with Crippen LogP contribution < -0.4 is 10.1 Å². The van der Waals surface area contributed by atoms with Crippen molar-refractivity contribution in [2.45, 2.75) is 39.5 Å². The van der Waals surface area contributed by atoms with Gasteiger partial charge in [-0.15, -0.1) is 0 Å². The number of phenolic OH excluding ortho intramolecular Hbond substituents is 1. The Labute approximate surface area is 225 Å². The van der Waals surface area contributed by atoms with Crippen molar-refractivity contribution in [1.82, 2.24) is 10.2 Å². The molecule has 3 rings (SSSR count). The van der Waals surface area contributed by atoms with E-state index in [2.05, 4.69) is 5.32 Å². The van der Waals surface area contributed by atoms with Gasteiger partial charge in [0.05, 0.1) is 25.7 Å². The molecule has 2 amide bonds. The number of benzene rings is 3. The van der Waals surface area contributed by atoms with E-state index < -0.39 is 23.7 Å². The number of esters is 1. The third-order valence-electron chi connectivity index (χ3n) is 6.17. The molecule has 0 spiro atoms. The highest BCUT2D eigenvalue weighted by molar-refractivity contribution is 5.81. The number of ether oxygens (including phenoxy) is 2. The topological polar surface area (TPSA) is 88.1 Å². The SMILES string of the molecule is CCOC(=O)Cc1ccc(OC)c(-c2ccc(C(F)(F)F)cc2)c1CN(CC)C(=O)NCc1ccccc1O. The Morgan fingerprint density at radius 1 is 0.974 bits per heavy atom. The Morgan fingerprint density at radius 2 is 1.67 bits per heavy atom. The number of nitrogens with one attached hydrogen (secondary N) is 1. The van der Waals surface area contributed by atoms with Gasteiger partial charge in [0.2, 0.25) is 0 Å². The smallest absolute Gasteiger partial charge is 0.416 e. The maximum absolute atomic E-state index is 13.2. The van der Waals surface area contributed by atoms with Crippen molar-refractivity contribution < 1.29 is 37.3 Å². The Bertz CT molecular complexity index is 1290. The standard InChI is InChI=1S/C29H31F3N2O5/c1-4-34(28(37)33-17-21-8-6-7-9-24(21)35)18-23-20(16-26(36)39-5-2)12-15-25(38-3)27(23)19-10-13-22(14-11-19)29(30,31)32/h6-15,35H,4-5,16-18H2,1-3H3,(H,33,37). The van der Waals surface area contributed by atoms with Crippen LogP contribution in [0.5, 0.6) is 11.5 Å². The first-order valence-electron chi connectivity index (χ1n) is 12.4. The van der Waals surface area contributed by atoms with Crippen LogP contribution in [0.25, 0.3) is 11.1 Å². The third-order valence-corrected chi connectivity index (χ3v) is 6.17. The summed E-state index contributed by atoms with van der Waals surface area (Å²) >= 11 is 0. The molecule has 3 aromatic rings. The van der Waals surface area contributed by atoms with Gasteiger partial charge in [-0.05, 0) is 54.8 Å². The lowest BCUT2D eigenvalue weighted by molar-refractivity contribution is -0.142. The highest BCUT2D eigenvalue weighted by atomic mass is 19.4. The molecular weight excluding hydrogens is 513 g/mol. The molecule has 0 aliphatic rings. The molecule has 208 valence electrons. The molecule has 0 atom stereocenters. The fraction of sp³-hybridized carbons (Fsp3) is 0.310. The summed E-state index contributed by atoms with van der Waals surface area (Å²) in [6.07, 6.45) is -4.60. The van der Waals surface area contributed by atoms with Crippen molar-refractivity contribution in [1.29, 1.82) is 0 Å². The Kier molecular flexibility index (Phi) is 9.81. The van der Waals surface area contributed by atoms with Gasteiger partial charge in [0.1, 0.15) is 11.5 Å². The molecule has 7 nitrogen and oxygen atoms in total. The average Bonchev–Trinajstić information content (AvgIpc) is 2.91. The largest absolute Gasteiger partial charge is 0.508 e. The summed E-state index contributed by atoms with van der Waals surface area (Å²) in [5.74, 6) is -0.0488. The fourth-order valence-corrected chi connectivity index (χ4v) is 4.16. The Hall–Kier alpha value is -4.21. The zero-order valence-electron chi connectivity index (χ0n) is 22.0. The molecule has 0 aromatic heterocycles. The first-order valence-corrected chi connectivity index (χ1v) is 12.4. The number of methoxy groups -OCH3 is 1. The van der Waals surface area contributed by atoms with Gasteiger partial charge in [-0.25, -0.2) is 4.79 Å². The molecule has 0 radical (unpaired) electrons. The third kappa shape index (κ3) is 7.43. The Morgan fingerprint density at radius 3 is 2.26 bits per heavy atom. The first kappa shape index (κ1) is 29.3. The van der Waals surface area contributed by atoms with Crippen molar-refractivity contribution in [3.8, 4) is 22.6 Å². The van der Waals surface area contributed by atoms with Gasteiger partial charge in [-0.1, -0.05) is 36.4 Å². The van der Waals surface area contributed by atoms with Crippen molar-refractivity contribution in [2.75, 3.05) is 20.3 Å². The summed E-state index contributed by atoms with van der Waals surface area (Å²) in [4.78, 5) is 27.0. The molecule has 0 fully saturated rings. The number of phenols is 1. The summed E-state index contributed by atoms with van der Waals surface area (Å²) in [5, 5.41) is 12.8. The molecule has 0 aliphatic carbocycles. The van der Waals surface area contributed by atoms with Gasteiger partial charge >= 0.3 is 18.2 Å². The van der Waals surface area contributed by atoms with Crippen LogP contribution >= 0.6 is 0 Å². The highest BCUT2D eigenvalue weighted by Crippen LogP contribution is 2.38. The maximum Gasteiger partial charge on any atom is 0.416 e. The second-order valence-electron chi connectivity index (χ2n) is 8.64. The second kappa shape index (κ2) is 13.0. The molecule has 0 bridgehead atoms. The number of para-hydroxylation sites is 1. The summed E-state index contributed by atoms with van der Waals surface area (Å²) in [6.45, 7) is 4.06. The van der Waals surface area contributed by atoms with E-state index in [4.69, 9.17) is 9.47 Å². The van der Waals surface area contributed by atoms with E-state index in [0.29, 0.717) is 33.6 Å². The predicted octanol–water partition coefficient (Wildman–Crippen LogP) is 5.92. The van der Waals surface area contributed by atoms with Crippen molar-refractivity contribution in [3.05, 3.63) is 82.9 Å². The second-order valence-corrected chi connectivity index (χ2v) is 8.64. The molecule has 0 unspecified atom stereocenters. The van der Waals surface area contributed by atoms with E-state index in [1.165, 1.54) is 30.2 Å². The first-order chi connectivity index (χ1) is 18.6. The summed E-state index contributed by atoms with van der Waals surface area (Å²) in [6, 6.07) is 14.2. The predicted molar refractivity (Wildman–Crippen MR) is 140 cm³/mol. The van der Waals surface area contributed by atoms with E-state index in [1.54, 1.807) is 44.2 Å². The van der Waals surface area contributed by atoms with E-state index >= 15 is 0 Å². The normalized spacial score (nSPS) is 11.1. The molecule has 0 heterocycles. The average molecular weight is 545 g/mol. The lowest BCUT2D eigenvalue weighted by Crippen LogP contribution is -2.39. The van der Waals surface area contributed by atoms with Gasteiger partial charge in [-0.2, -0.15) is 13.2 Å². The number of halogens is 3. The van der Waals surface area contributed by atoms with Gasteiger partial charge in [0, 0.05) is 30.8 Å². The van der Waals surface area contributed by atoms with Crippen molar-refractivity contribution in [3.63, 3.8) is 0 Å². The number of urea groups is 1. The van der Waals surface area contributed by atoms with Crippen LogP contribution in [0.1, 0.15) is 36.1 Å². The number of nitrogens with zero attached hydrogens (tertiary/aromatic N) is 1. The number of rotatable bonds is 10. The minimum absolute atomic E-state index is 0.0331. The van der Waals surface area contributed by atoms with E-state index in [0.717, 1.165) is 12.1 Å². The van der Waals surface area contributed by atoms with Crippen LogP contribution in [0, 0.1) is 0 Å². The number of carbonyl (C=O) groups is 2. The number of carbonyl (C=O) groups excluding carboxylic acids is 2. The lowest BCUT2D eigenvalue weighted by atomic mass is 9.92. The summed E-state index contributed by atoms with van der Waals surface area (Å²) in [7, 11) is 1.44. The molecule has 0 saturated carbocycles. The maximum atomic E-state index is 13.2. The minimum Gasteiger partial charge on any atom is -0.508 e. The van der Waals surface area contributed by atoms with E-state index in [-0.39, 0.29) is 38.4 Å². The zero-order valence-corrected chi connectivity index (χ0v) is 22.0. The molecule has 0 aliphatic heterocycles. The van der Waals surface area contributed by atoms with Crippen molar-refractivity contribution >= 4 is 12.0 Å². The lowest BCUT2D eigenvalue weighted by Gasteiger charge is -2.26. The number of alkyl halides is 3. The zero-order chi connectivity index (χ0) is 28.6. The summed E-state index contributed by atoms with van der Waals surface area (Å²) < 4.78 is 50.3. The molecule has 2 N–H and O–H groups in total. The number of hydrogen-bond acceptors (Lipinski definition) is 5. The van der Waals surface area contributed by atoms with Gasteiger partial charge in [-0.3, -0.25) is 4.79 Å². The quantitative estimate of drug-likeness (QED) is 0.309. The van der Waals surface area contributed by atoms with Crippen LogP contribution in [0.4, 0.5) is 18.0 Å². The fourth-order valence-electron chi connectivity index (χ4n) is 4.16. The molecular formula is C29H31F3N2O5. The van der Waals surface area contributed by atoms with E-state index in [9.17, 15) is 27.9 Å². The minimum atomic E-state index is -4.50. The highest BCUT2D eigenvalue weighted by Gasteiger charge is 2.30. The van der Waals surface area contributed by atoms with Gasteiger partial charge in [0.25, 0.3) is 0 Å². The Balaban J connectivity index is 2.03. The molecule has 10 heteroatoms. The summed E-state index contributed by atoms with van der Waals surface area (Å²) in [5.41, 5.74) is 1.74. The van der Waals surface area contributed by atoms with Gasteiger partial charge < -0.3 is 24.8 Å². The number of amides is 2. The van der Waals surface area contributed by atoms with E-state index in [1.807, 2.05) is 0 Å². The van der Waals surface area contributed by atoms with Crippen LogP contribution in [0.2, 0.25) is 0 Å². The number of aromatic hydroxyl groups is 1. The van der Waals surface area contributed by atoms with Crippen LogP contribution in [0.3, 0.4) is 0 Å². The molecule has 39 heavy (non-hydrogen) atoms.